The first-order chi connectivity index (χ1) is 11.2. The van der Waals surface area contributed by atoms with Crippen LogP contribution in [0.3, 0.4) is 0 Å². The molecular formula is C18H23N3OS. The van der Waals surface area contributed by atoms with Crippen molar-refractivity contribution in [2.24, 2.45) is 0 Å². The molecule has 0 spiro atoms. The SMILES string of the molecule is CC(Cc1cccs1)NC1CCN(C(=O)c2cccnc2)CC1. The van der Waals surface area contributed by atoms with E-state index in [-0.39, 0.29) is 5.91 Å². The van der Waals surface area contributed by atoms with E-state index in [9.17, 15) is 4.79 Å². The summed E-state index contributed by atoms with van der Waals surface area (Å²) < 4.78 is 0. The summed E-state index contributed by atoms with van der Waals surface area (Å²) in [6.45, 7) is 3.88. The molecule has 0 aromatic carbocycles. The molecule has 1 fully saturated rings. The molecule has 1 amide bonds. The molecule has 0 aliphatic carbocycles. The maximum Gasteiger partial charge on any atom is 0.255 e. The summed E-state index contributed by atoms with van der Waals surface area (Å²) in [6.07, 6.45) is 6.45. The molecule has 0 saturated carbocycles. The van der Waals surface area contributed by atoms with E-state index in [1.807, 2.05) is 28.4 Å². The molecule has 0 bridgehead atoms. The van der Waals surface area contributed by atoms with Gasteiger partial charge in [-0.1, -0.05) is 6.07 Å². The molecule has 1 atom stereocenters. The standard InChI is InChI=1S/C18H23N3OS/c1-14(12-17-5-3-11-23-17)20-16-6-9-21(10-7-16)18(22)15-4-2-8-19-13-15/h2-5,8,11,13-14,16,20H,6-7,9-10,12H2,1H3. The van der Waals surface area contributed by atoms with Crippen molar-refractivity contribution >= 4 is 17.2 Å². The minimum Gasteiger partial charge on any atom is -0.338 e. The molecule has 1 N–H and O–H groups in total. The van der Waals surface area contributed by atoms with Crippen LogP contribution in [0, 0.1) is 0 Å². The van der Waals surface area contributed by atoms with E-state index in [0.717, 1.165) is 32.4 Å². The Labute approximate surface area is 141 Å². The molecule has 2 aromatic heterocycles. The van der Waals surface area contributed by atoms with Crippen molar-refractivity contribution in [2.75, 3.05) is 13.1 Å². The zero-order valence-corrected chi connectivity index (χ0v) is 14.3. The quantitative estimate of drug-likeness (QED) is 0.917. The van der Waals surface area contributed by atoms with E-state index < -0.39 is 0 Å². The van der Waals surface area contributed by atoms with Crippen LogP contribution in [0.4, 0.5) is 0 Å². The van der Waals surface area contributed by atoms with Crippen LogP contribution in [0.2, 0.25) is 0 Å². The van der Waals surface area contributed by atoms with Crippen molar-refractivity contribution in [3.63, 3.8) is 0 Å². The van der Waals surface area contributed by atoms with E-state index in [1.54, 1.807) is 12.4 Å². The lowest BCUT2D eigenvalue weighted by atomic mass is 10.0. The fraction of sp³-hybridized carbons (Fsp3) is 0.444. The Morgan fingerprint density at radius 2 is 2.22 bits per heavy atom. The van der Waals surface area contributed by atoms with E-state index in [1.165, 1.54) is 4.88 Å². The van der Waals surface area contributed by atoms with Gasteiger partial charge in [0.1, 0.15) is 0 Å². The number of hydrogen-bond donors (Lipinski definition) is 1. The van der Waals surface area contributed by atoms with Crippen LogP contribution in [0.1, 0.15) is 35.0 Å². The van der Waals surface area contributed by atoms with E-state index in [0.29, 0.717) is 17.6 Å². The number of amides is 1. The topological polar surface area (TPSA) is 45.2 Å². The Balaban J connectivity index is 1.46. The first-order valence-electron chi connectivity index (χ1n) is 8.20. The summed E-state index contributed by atoms with van der Waals surface area (Å²) in [7, 11) is 0. The number of piperidine rings is 1. The third-order valence-corrected chi connectivity index (χ3v) is 5.20. The van der Waals surface area contributed by atoms with E-state index in [2.05, 4.69) is 34.7 Å². The molecule has 1 saturated heterocycles. The summed E-state index contributed by atoms with van der Waals surface area (Å²) >= 11 is 1.82. The van der Waals surface area contributed by atoms with Crippen molar-refractivity contribution in [3.05, 3.63) is 52.5 Å². The molecule has 1 aliphatic rings. The Morgan fingerprint density at radius 1 is 1.39 bits per heavy atom. The number of pyridine rings is 1. The van der Waals surface area contributed by atoms with Gasteiger partial charge in [0, 0.05) is 42.4 Å². The molecule has 3 heterocycles. The smallest absolute Gasteiger partial charge is 0.255 e. The number of nitrogens with zero attached hydrogens (tertiary/aromatic N) is 2. The Hall–Kier alpha value is -1.72. The summed E-state index contributed by atoms with van der Waals surface area (Å²) in [5.74, 6) is 0.100. The number of rotatable bonds is 5. The monoisotopic (exact) mass is 329 g/mol. The Kier molecular flexibility index (Phi) is 5.41. The van der Waals surface area contributed by atoms with Crippen molar-refractivity contribution in [2.45, 2.75) is 38.3 Å². The van der Waals surface area contributed by atoms with E-state index >= 15 is 0 Å². The van der Waals surface area contributed by atoms with Gasteiger partial charge in [-0.2, -0.15) is 0 Å². The zero-order valence-electron chi connectivity index (χ0n) is 13.4. The number of likely N-dealkylation sites (tertiary alicyclic amines) is 1. The molecule has 2 aromatic rings. The zero-order chi connectivity index (χ0) is 16.1. The summed E-state index contributed by atoms with van der Waals surface area (Å²) in [5.41, 5.74) is 0.685. The van der Waals surface area contributed by atoms with Gasteiger partial charge in [0.15, 0.2) is 0 Å². The molecule has 0 radical (unpaired) electrons. The predicted octanol–water partition coefficient (Wildman–Crippen LogP) is 2.97. The minimum absolute atomic E-state index is 0.100. The van der Waals surface area contributed by atoms with Crippen LogP contribution >= 0.6 is 11.3 Å². The predicted molar refractivity (Wildman–Crippen MR) is 93.8 cm³/mol. The van der Waals surface area contributed by atoms with Gasteiger partial charge in [-0.25, -0.2) is 0 Å². The van der Waals surface area contributed by atoms with Gasteiger partial charge in [-0.3, -0.25) is 9.78 Å². The Bertz CT molecular complexity index is 606. The lowest BCUT2D eigenvalue weighted by Crippen LogP contribution is -2.47. The van der Waals surface area contributed by atoms with Crippen LogP contribution in [-0.4, -0.2) is 41.0 Å². The molecular weight excluding hydrogens is 306 g/mol. The molecule has 23 heavy (non-hydrogen) atoms. The molecule has 4 nitrogen and oxygen atoms in total. The normalized spacial score (nSPS) is 17.2. The highest BCUT2D eigenvalue weighted by Gasteiger charge is 2.24. The molecule has 5 heteroatoms. The van der Waals surface area contributed by atoms with Crippen molar-refractivity contribution in [3.8, 4) is 0 Å². The maximum atomic E-state index is 12.4. The second-order valence-corrected chi connectivity index (χ2v) is 7.19. The highest BCUT2D eigenvalue weighted by Crippen LogP contribution is 2.16. The number of thiophene rings is 1. The fourth-order valence-electron chi connectivity index (χ4n) is 3.11. The van der Waals surface area contributed by atoms with Crippen molar-refractivity contribution in [1.82, 2.24) is 15.2 Å². The van der Waals surface area contributed by atoms with Crippen LogP contribution in [0.15, 0.2) is 42.0 Å². The molecule has 122 valence electrons. The van der Waals surface area contributed by atoms with Gasteiger partial charge in [-0.05, 0) is 49.8 Å². The highest BCUT2D eigenvalue weighted by molar-refractivity contribution is 7.09. The first kappa shape index (κ1) is 16.1. The number of carbonyl (C=O) groups is 1. The Morgan fingerprint density at radius 3 is 2.87 bits per heavy atom. The van der Waals surface area contributed by atoms with Crippen LogP contribution in [0.25, 0.3) is 0 Å². The maximum absolute atomic E-state index is 12.4. The second kappa shape index (κ2) is 7.70. The van der Waals surface area contributed by atoms with Crippen LogP contribution in [0.5, 0.6) is 0 Å². The average Bonchev–Trinajstić information content (AvgIpc) is 3.08. The van der Waals surface area contributed by atoms with Gasteiger partial charge in [-0.15, -0.1) is 11.3 Å². The summed E-state index contributed by atoms with van der Waals surface area (Å²) in [5, 5.41) is 5.84. The van der Waals surface area contributed by atoms with Crippen LogP contribution < -0.4 is 5.32 Å². The fourth-order valence-corrected chi connectivity index (χ4v) is 3.95. The summed E-state index contributed by atoms with van der Waals surface area (Å²) in [6, 6.07) is 8.92. The number of carbonyl (C=O) groups excluding carboxylic acids is 1. The molecule has 1 aliphatic heterocycles. The van der Waals surface area contributed by atoms with Crippen molar-refractivity contribution in [1.29, 1.82) is 0 Å². The van der Waals surface area contributed by atoms with Gasteiger partial charge >= 0.3 is 0 Å². The summed E-state index contributed by atoms with van der Waals surface area (Å²) in [4.78, 5) is 19.8. The second-order valence-electron chi connectivity index (χ2n) is 6.16. The number of hydrogen-bond acceptors (Lipinski definition) is 4. The highest BCUT2D eigenvalue weighted by atomic mass is 32.1. The first-order valence-corrected chi connectivity index (χ1v) is 9.08. The third kappa shape index (κ3) is 4.39. The van der Waals surface area contributed by atoms with Gasteiger partial charge < -0.3 is 10.2 Å². The van der Waals surface area contributed by atoms with Gasteiger partial charge in [0.05, 0.1) is 5.56 Å². The molecule has 3 rings (SSSR count). The number of aromatic nitrogens is 1. The van der Waals surface area contributed by atoms with E-state index in [4.69, 9.17) is 0 Å². The van der Waals surface area contributed by atoms with Crippen LogP contribution in [-0.2, 0) is 6.42 Å². The lowest BCUT2D eigenvalue weighted by Gasteiger charge is -2.34. The van der Waals surface area contributed by atoms with Gasteiger partial charge in [0.2, 0.25) is 0 Å². The third-order valence-electron chi connectivity index (χ3n) is 4.30. The average molecular weight is 329 g/mol. The largest absolute Gasteiger partial charge is 0.338 e. The lowest BCUT2D eigenvalue weighted by molar-refractivity contribution is 0.0702. The number of nitrogens with one attached hydrogen (secondary N) is 1. The van der Waals surface area contributed by atoms with Gasteiger partial charge in [0.25, 0.3) is 5.91 Å². The molecule has 1 unspecified atom stereocenters. The minimum atomic E-state index is 0.100. The van der Waals surface area contributed by atoms with Crippen molar-refractivity contribution < 1.29 is 4.79 Å².